The molecule has 0 bridgehead atoms. The van der Waals surface area contributed by atoms with E-state index in [9.17, 15) is 13.2 Å². The highest BCUT2D eigenvalue weighted by molar-refractivity contribution is 5.17. The molecule has 0 amide bonds. The van der Waals surface area contributed by atoms with Crippen molar-refractivity contribution in [1.82, 2.24) is 10.3 Å². The lowest BCUT2D eigenvalue weighted by Gasteiger charge is -2.33. The molecule has 0 aromatic carbocycles. The summed E-state index contributed by atoms with van der Waals surface area (Å²) in [5, 5.41) is 3.05. The molecule has 1 aromatic heterocycles. The Labute approximate surface area is 111 Å². The van der Waals surface area contributed by atoms with Crippen LogP contribution in [0.25, 0.3) is 0 Å². The van der Waals surface area contributed by atoms with E-state index in [1.54, 1.807) is 6.20 Å². The zero-order valence-corrected chi connectivity index (χ0v) is 11.0. The van der Waals surface area contributed by atoms with Gasteiger partial charge in [-0.05, 0) is 31.4 Å². The number of aryl methyl sites for hydroxylation is 1. The van der Waals surface area contributed by atoms with Crippen LogP contribution in [0, 0.1) is 12.8 Å². The Balaban J connectivity index is 1.99. The van der Waals surface area contributed by atoms with Crippen LogP contribution >= 0.6 is 0 Å². The van der Waals surface area contributed by atoms with Crippen LogP contribution in [0.2, 0.25) is 0 Å². The van der Waals surface area contributed by atoms with Crippen molar-refractivity contribution in [3.63, 3.8) is 0 Å². The van der Waals surface area contributed by atoms with Crippen molar-refractivity contribution in [2.45, 2.75) is 51.4 Å². The molecule has 1 aliphatic carbocycles. The highest BCUT2D eigenvalue weighted by Crippen LogP contribution is 2.37. The van der Waals surface area contributed by atoms with Gasteiger partial charge in [-0.1, -0.05) is 18.9 Å². The largest absolute Gasteiger partial charge is 0.393 e. The van der Waals surface area contributed by atoms with E-state index in [-0.39, 0.29) is 6.42 Å². The third-order valence-corrected chi connectivity index (χ3v) is 3.84. The monoisotopic (exact) mass is 272 g/mol. The van der Waals surface area contributed by atoms with Gasteiger partial charge in [0.2, 0.25) is 0 Å². The topological polar surface area (TPSA) is 24.9 Å². The first kappa shape index (κ1) is 14.3. The van der Waals surface area contributed by atoms with Crippen molar-refractivity contribution < 1.29 is 13.2 Å². The Bertz CT molecular complexity index is 417. The molecule has 0 aliphatic heterocycles. The van der Waals surface area contributed by atoms with Gasteiger partial charge >= 0.3 is 6.18 Å². The second kappa shape index (κ2) is 5.90. The van der Waals surface area contributed by atoms with E-state index in [1.165, 1.54) is 0 Å². The fourth-order valence-electron chi connectivity index (χ4n) is 2.70. The molecule has 2 rings (SSSR count). The van der Waals surface area contributed by atoms with E-state index in [4.69, 9.17) is 0 Å². The lowest BCUT2D eigenvalue weighted by atomic mass is 9.84. The average molecular weight is 272 g/mol. The van der Waals surface area contributed by atoms with Crippen molar-refractivity contribution in [3.05, 3.63) is 29.6 Å². The number of alkyl halides is 3. The Hall–Kier alpha value is -1.10. The van der Waals surface area contributed by atoms with E-state index >= 15 is 0 Å². The van der Waals surface area contributed by atoms with Gasteiger partial charge in [-0.2, -0.15) is 13.2 Å². The molecular formula is C14H19F3N2. The number of rotatable bonds is 3. The van der Waals surface area contributed by atoms with Crippen molar-refractivity contribution in [2.24, 2.45) is 5.92 Å². The minimum absolute atomic E-state index is 0.238. The number of hydrogen-bond acceptors (Lipinski definition) is 2. The maximum atomic E-state index is 12.9. The number of hydrogen-bond donors (Lipinski definition) is 1. The van der Waals surface area contributed by atoms with Gasteiger partial charge in [0.15, 0.2) is 0 Å². The van der Waals surface area contributed by atoms with Crippen LogP contribution in [-0.4, -0.2) is 17.2 Å². The van der Waals surface area contributed by atoms with Crippen molar-refractivity contribution >= 4 is 0 Å². The summed E-state index contributed by atoms with van der Waals surface area (Å²) >= 11 is 0. The summed E-state index contributed by atoms with van der Waals surface area (Å²) in [6.45, 7) is 2.33. The second-order valence-corrected chi connectivity index (χ2v) is 5.19. The molecule has 0 radical (unpaired) electrons. The molecule has 2 nitrogen and oxygen atoms in total. The first-order valence-electron chi connectivity index (χ1n) is 6.69. The molecule has 1 heterocycles. The molecule has 0 saturated heterocycles. The summed E-state index contributed by atoms with van der Waals surface area (Å²) in [7, 11) is 0. The van der Waals surface area contributed by atoms with Crippen molar-refractivity contribution in [1.29, 1.82) is 0 Å². The fraction of sp³-hybridized carbons (Fsp3) is 0.643. The predicted octanol–water partition coefficient (Wildman–Crippen LogP) is 3.60. The van der Waals surface area contributed by atoms with E-state index < -0.39 is 18.1 Å². The number of halogens is 3. The molecule has 1 aromatic rings. The SMILES string of the molecule is Cc1cccnc1CNC1CCCCC1C(F)(F)F. The van der Waals surface area contributed by atoms with Gasteiger partial charge in [-0.3, -0.25) is 4.98 Å². The van der Waals surface area contributed by atoms with Gasteiger partial charge in [0, 0.05) is 18.8 Å². The van der Waals surface area contributed by atoms with Crippen molar-refractivity contribution in [2.75, 3.05) is 0 Å². The summed E-state index contributed by atoms with van der Waals surface area (Å²) in [4.78, 5) is 4.21. The molecular weight excluding hydrogens is 253 g/mol. The van der Waals surface area contributed by atoms with Crippen LogP contribution in [0.3, 0.4) is 0 Å². The molecule has 19 heavy (non-hydrogen) atoms. The highest BCUT2D eigenvalue weighted by atomic mass is 19.4. The molecule has 2 unspecified atom stereocenters. The van der Waals surface area contributed by atoms with Crippen LogP contribution in [0.15, 0.2) is 18.3 Å². The minimum Gasteiger partial charge on any atom is -0.308 e. The molecule has 5 heteroatoms. The van der Waals surface area contributed by atoms with Crippen LogP contribution in [0.4, 0.5) is 13.2 Å². The third kappa shape index (κ3) is 3.69. The smallest absolute Gasteiger partial charge is 0.308 e. The first-order chi connectivity index (χ1) is 8.98. The Morgan fingerprint density at radius 1 is 1.32 bits per heavy atom. The van der Waals surface area contributed by atoms with Gasteiger partial charge in [0.05, 0.1) is 11.6 Å². The molecule has 0 spiro atoms. The van der Waals surface area contributed by atoms with E-state index in [2.05, 4.69) is 10.3 Å². The molecule has 106 valence electrons. The zero-order valence-electron chi connectivity index (χ0n) is 11.0. The molecule has 1 fully saturated rings. The van der Waals surface area contributed by atoms with Crippen LogP contribution in [0.1, 0.15) is 36.9 Å². The second-order valence-electron chi connectivity index (χ2n) is 5.19. The molecule has 1 saturated carbocycles. The van der Waals surface area contributed by atoms with E-state index in [0.29, 0.717) is 19.4 Å². The average Bonchev–Trinajstić information content (AvgIpc) is 2.37. The Morgan fingerprint density at radius 2 is 2.05 bits per heavy atom. The third-order valence-electron chi connectivity index (χ3n) is 3.84. The van der Waals surface area contributed by atoms with E-state index in [1.807, 2.05) is 19.1 Å². The Kier molecular flexibility index (Phi) is 4.45. The van der Waals surface area contributed by atoms with Gasteiger partial charge in [-0.15, -0.1) is 0 Å². The molecule has 1 N–H and O–H groups in total. The maximum absolute atomic E-state index is 12.9. The standard InChI is InChI=1S/C14H19F3N2/c1-10-5-4-8-18-13(10)9-19-12-7-3-2-6-11(12)14(15,16)17/h4-5,8,11-12,19H,2-3,6-7,9H2,1H3. The lowest BCUT2D eigenvalue weighted by molar-refractivity contribution is -0.189. The van der Waals surface area contributed by atoms with Crippen LogP contribution in [-0.2, 0) is 6.54 Å². The summed E-state index contributed by atoms with van der Waals surface area (Å²) in [6, 6.07) is 3.28. The number of nitrogens with one attached hydrogen (secondary N) is 1. The molecule has 1 aliphatic rings. The quantitative estimate of drug-likeness (QED) is 0.909. The normalized spacial score (nSPS) is 24.4. The van der Waals surface area contributed by atoms with Crippen LogP contribution in [0.5, 0.6) is 0 Å². The number of aromatic nitrogens is 1. The number of pyridine rings is 1. The lowest BCUT2D eigenvalue weighted by Crippen LogP contribution is -2.45. The predicted molar refractivity (Wildman–Crippen MR) is 67.6 cm³/mol. The van der Waals surface area contributed by atoms with Gasteiger partial charge in [-0.25, -0.2) is 0 Å². The van der Waals surface area contributed by atoms with Crippen molar-refractivity contribution in [3.8, 4) is 0 Å². The highest BCUT2D eigenvalue weighted by Gasteiger charge is 2.45. The van der Waals surface area contributed by atoms with E-state index in [0.717, 1.165) is 17.7 Å². The minimum atomic E-state index is -4.10. The number of nitrogens with zero attached hydrogens (tertiary/aromatic N) is 1. The summed E-state index contributed by atoms with van der Waals surface area (Å²) in [5.41, 5.74) is 1.84. The summed E-state index contributed by atoms with van der Waals surface area (Å²) in [6.07, 6.45) is -0.0573. The summed E-state index contributed by atoms with van der Waals surface area (Å²) < 4.78 is 38.8. The fourth-order valence-corrected chi connectivity index (χ4v) is 2.70. The Morgan fingerprint density at radius 3 is 2.74 bits per heavy atom. The first-order valence-corrected chi connectivity index (χ1v) is 6.69. The summed E-state index contributed by atoms with van der Waals surface area (Å²) in [5.74, 6) is -1.22. The molecule has 2 atom stereocenters. The zero-order chi connectivity index (χ0) is 13.9. The van der Waals surface area contributed by atoms with Gasteiger partial charge < -0.3 is 5.32 Å². The van der Waals surface area contributed by atoms with Gasteiger partial charge in [0.1, 0.15) is 0 Å². The van der Waals surface area contributed by atoms with Gasteiger partial charge in [0.25, 0.3) is 0 Å². The van der Waals surface area contributed by atoms with Crippen LogP contribution < -0.4 is 5.32 Å². The maximum Gasteiger partial charge on any atom is 0.393 e.